The molecule has 0 amide bonds. The third kappa shape index (κ3) is 4.29. The normalized spacial score (nSPS) is 14.0. The van der Waals surface area contributed by atoms with Gasteiger partial charge in [-0.25, -0.2) is 4.98 Å². The van der Waals surface area contributed by atoms with Crippen LogP contribution in [0.4, 0.5) is 0 Å². The first-order chi connectivity index (χ1) is 7.84. The summed E-state index contributed by atoms with van der Waals surface area (Å²) in [6.07, 6.45) is 3.16. The number of methoxy groups -OCH3 is 1. The van der Waals surface area contributed by atoms with E-state index < -0.39 is 11.4 Å². The lowest BCUT2D eigenvalue weighted by Gasteiger charge is -2.17. The van der Waals surface area contributed by atoms with Crippen molar-refractivity contribution in [1.29, 1.82) is 0 Å². The molecule has 4 nitrogen and oxygen atoms in total. The number of pyridine rings is 1. The molecule has 0 spiro atoms. The fourth-order valence-electron chi connectivity index (χ4n) is 0.968. The molecular formula is C11H15BrN2O2S. The molecule has 0 saturated carbocycles. The number of hydrogen-bond donors (Lipinski definition) is 0. The average Bonchev–Trinajstić information content (AvgIpc) is 2.24. The average molecular weight is 319 g/mol. The summed E-state index contributed by atoms with van der Waals surface area (Å²) < 4.78 is 21.3. The fourth-order valence-corrected chi connectivity index (χ4v) is 1.84. The summed E-state index contributed by atoms with van der Waals surface area (Å²) in [5, 5.41) is 0. The van der Waals surface area contributed by atoms with Gasteiger partial charge in [0, 0.05) is 10.7 Å². The molecule has 0 unspecified atom stereocenters. The zero-order valence-electron chi connectivity index (χ0n) is 10.2. The molecule has 94 valence electrons. The quantitative estimate of drug-likeness (QED) is 0.636. The van der Waals surface area contributed by atoms with Crippen LogP contribution in [0.2, 0.25) is 0 Å². The molecule has 0 aliphatic rings. The van der Waals surface area contributed by atoms with E-state index in [2.05, 4.69) is 25.3 Å². The Hall–Kier alpha value is -0.590. The fraction of sp³-hybridized carbons (Fsp3) is 0.455. The molecule has 17 heavy (non-hydrogen) atoms. The second-order valence-corrected chi connectivity index (χ2v) is 7.20. The van der Waals surface area contributed by atoms with E-state index in [1.54, 1.807) is 6.20 Å². The largest absolute Gasteiger partial charge is 0.591 e. The van der Waals surface area contributed by atoms with Gasteiger partial charge in [-0.3, -0.25) is 0 Å². The summed E-state index contributed by atoms with van der Waals surface area (Å²) in [4.78, 5) is 4.08. The standard InChI is InChI=1S/C11H15BrN2O2S/c1-11(2,3)17(15)14-6-8-5-9(12)7-13-10(8)16-4/h5-7H,1-4H3/b14-6+/t17-/m1/s1. The minimum absolute atomic E-state index is 0.372. The molecule has 1 aromatic heterocycles. The maximum Gasteiger partial charge on any atom is 0.222 e. The topological polar surface area (TPSA) is 57.5 Å². The summed E-state index contributed by atoms with van der Waals surface area (Å²) in [6, 6.07) is 1.81. The van der Waals surface area contributed by atoms with Gasteiger partial charge in [0.1, 0.15) is 16.1 Å². The Balaban J connectivity index is 2.94. The van der Waals surface area contributed by atoms with Crippen molar-refractivity contribution in [2.75, 3.05) is 7.11 Å². The van der Waals surface area contributed by atoms with Gasteiger partial charge in [-0.15, -0.1) is 0 Å². The van der Waals surface area contributed by atoms with Crippen molar-refractivity contribution in [1.82, 2.24) is 4.98 Å². The molecule has 0 N–H and O–H groups in total. The molecule has 1 rings (SSSR count). The highest BCUT2D eigenvalue weighted by atomic mass is 79.9. The van der Waals surface area contributed by atoms with Crippen LogP contribution in [0.1, 0.15) is 26.3 Å². The van der Waals surface area contributed by atoms with Gasteiger partial charge in [0.15, 0.2) is 0 Å². The van der Waals surface area contributed by atoms with Crippen molar-refractivity contribution in [3.05, 3.63) is 22.3 Å². The Kier molecular flexibility index (Phi) is 4.97. The predicted molar refractivity (Wildman–Crippen MR) is 74.0 cm³/mol. The van der Waals surface area contributed by atoms with E-state index in [1.807, 2.05) is 26.8 Å². The number of nitrogens with zero attached hydrogens (tertiary/aromatic N) is 2. The van der Waals surface area contributed by atoms with Gasteiger partial charge >= 0.3 is 0 Å². The van der Waals surface area contributed by atoms with Crippen molar-refractivity contribution >= 4 is 33.5 Å². The molecule has 1 aromatic rings. The van der Waals surface area contributed by atoms with Gasteiger partial charge in [-0.05, 0) is 42.8 Å². The third-order valence-electron chi connectivity index (χ3n) is 1.85. The highest BCUT2D eigenvalue weighted by Crippen LogP contribution is 2.20. The van der Waals surface area contributed by atoms with Crippen LogP contribution in [0.25, 0.3) is 0 Å². The van der Waals surface area contributed by atoms with Gasteiger partial charge in [0.2, 0.25) is 5.88 Å². The smallest absolute Gasteiger partial charge is 0.222 e. The SMILES string of the molecule is COc1ncc(Br)cc1/C=N/[S@+]([O-])C(C)(C)C. The Bertz CT molecular complexity index is 418. The van der Waals surface area contributed by atoms with Gasteiger partial charge in [-0.1, -0.05) is 4.40 Å². The first kappa shape index (κ1) is 14.5. The van der Waals surface area contributed by atoms with Crippen LogP contribution < -0.4 is 4.74 Å². The van der Waals surface area contributed by atoms with Gasteiger partial charge in [0.25, 0.3) is 0 Å². The number of hydrogen-bond acceptors (Lipinski definition) is 4. The molecule has 0 saturated heterocycles. The third-order valence-corrected chi connectivity index (χ3v) is 3.63. The van der Waals surface area contributed by atoms with Crippen LogP contribution in [0.3, 0.4) is 0 Å². The van der Waals surface area contributed by atoms with Crippen LogP contribution in [-0.2, 0) is 11.4 Å². The van der Waals surface area contributed by atoms with Crippen molar-refractivity contribution in [3.8, 4) is 5.88 Å². The van der Waals surface area contributed by atoms with Crippen LogP contribution >= 0.6 is 15.9 Å². The number of ether oxygens (including phenoxy) is 1. The Labute approximate surface area is 113 Å². The van der Waals surface area contributed by atoms with Crippen molar-refractivity contribution in [2.45, 2.75) is 25.5 Å². The predicted octanol–water partition coefficient (Wildman–Crippen LogP) is 2.73. The van der Waals surface area contributed by atoms with E-state index in [9.17, 15) is 4.55 Å². The maximum absolute atomic E-state index is 11.8. The molecule has 0 fully saturated rings. The minimum Gasteiger partial charge on any atom is -0.591 e. The van der Waals surface area contributed by atoms with Crippen LogP contribution in [-0.4, -0.2) is 27.6 Å². The lowest BCUT2D eigenvalue weighted by molar-refractivity contribution is 0.397. The van der Waals surface area contributed by atoms with E-state index in [-0.39, 0.29) is 4.75 Å². The zero-order chi connectivity index (χ0) is 13.1. The Morgan fingerprint density at radius 2 is 2.18 bits per heavy atom. The van der Waals surface area contributed by atoms with Crippen molar-refractivity contribution in [3.63, 3.8) is 0 Å². The molecular weight excluding hydrogens is 304 g/mol. The first-order valence-electron chi connectivity index (χ1n) is 5.00. The lowest BCUT2D eigenvalue weighted by atomic mass is 10.3. The lowest BCUT2D eigenvalue weighted by Crippen LogP contribution is -2.25. The second-order valence-electron chi connectivity index (χ2n) is 4.35. The monoisotopic (exact) mass is 318 g/mol. The molecule has 0 radical (unpaired) electrons. The summed E-state index contributed by atoms with van der Waals surface area (Å²) >= 11 is 2.03. The number of rotatable bonds is 3. The second kappa shape index (κ2) is 5.84. The molecule has 0 aliphatic heterocycles. The summed E-state index contributed by atoms with van der Waals surface area (Å²) in [5.74, 6) is 0.461. The van der Waals surface area contributed by atoms with E-state index in [0.717, 1.165) is 4.47 Å². The van der Waals surface area contributed by atoms with Crippen molar-refractivity contribution < 1.29 is 9.29 Å². The molecule has 1 atom stereocenters. The van der Waals surface area contributed by atoms with Gasteiger partial charge in [0.05, 0.1) is 18.9 Å². The highest BCUT2D eigenvalue weighted by Gasteiger charge is 2.25. The zero-order valence-corrected chi connectivity index (χ0v) is 12.6. The Morgan fingerprint density at radius 3 is 2.71 bits per heavy atom. The minimum atomic E-state index is -1.28. The molecule has 0 aromatic carbocycles. The van der Waals surface area contributed by atoms with Crippen molar-refractivity contribution in [2.24, 2.45) is 4.40 Å². The summed E-state index contributed by atoms with van der Waals surface area (Å²) in [7, 11) is 1.54. The maximum atomic E-state index is 11.8. The molecule has 6 heteroatoms. The van der Waals surface area contributed by atoms with Gasteiger partial charge in [-0.2, -0.15) is 0 Å². The van der Waals surface area contributed by atoms with E-state index in [1.165, 1.54) is 13.3 Å². The number of halogens is 1. The van der Waals surface area contributed by atoms with Crippen LogP contribution in [0, 0.1) is 0 Å². The molecule has 1 heterocycles. The summed E-state index contributed by atoms with van der Waals surface area (Å²) in [6.45, 7) is 5.62. The summed E-state index contributed by atoms with van der Waals surface area (Å²) in [5.41, 5.74) is 0.694. The Morgan fingerprint density at radius 1 is 1.53 bits per heavy atom. The van der Waals surface area contributed by atoms with Gasteiger partial charge < -0.3 is 9.29 Å². The first-order valence-corrected chi connectivity index (χ1v) is 6.90. The van der Waals surface area contributed by atoms with E-state index >= 15 is 0 Å². The van der Waals surface area contributed by atoms with E-state index in [0.29, 0.717) is 11.4 Å². The highest BCUT2D eigenvalue weighted by molar-refractivity contribution is 9.10. The van der Waals surface area contributed by atoms with E-state index in [4.69, 9.17) is 4.74 Å². The molecule has 0 bridgehead atoms. The molecule has 0 aliphatic carbocycles. The number of aromatic nitrogens is 1. The van der Waals surface area contributed by atoms with Crippen LogP contribution in [0.15, 0.2) is 21.1 Å². The van der Waals surface area contributed by atoms with Crippen LogP contribution in [0.5, 0.6) is 5.88 Å².